The van der Waals surface area contributed by atoms with Crippen molar-refractivity contribution >= 4 is 23.9 Å². The van der Waals surface area contributed by atoms with Crippen LogP contribution in [-0.4, -0.2) is 18.9 Å². The molecule has 1 unspecified atom stereocenters. The van der Waals surface area contributed by atoms with Crippen LogP contribution in [0.4, 0.5) is 4.39 Å². The fourth-order valence-corrected chi connectivity index (χ4v) is 1.73. The van der Waals surface area contributed by atoms with Crippen molar-refractivity contribution in [3.05, 3.63) is 34.6 Å². The standard InChI is InChI=1S/C13H16ClFN2O2/c1-9(5-6-16-8-18)13(19)17-7-10-3-2-4-11(14)12(10)15/h2-4,8-9H,5-7H2,1H3,(H,16,18)(H,17,19). The van der Waals surface area contributed by atoms with E-state index in [0.717, 1.165) is 0 Å². The molecule has 0 aliphatic carbocycles. The molecule has 104 valence electrons. The molecule has 2 amide bonds. The van der Waals surface area contributed by atoms with Gasteiger partial charge in [0.2, 0.25) is 12.3 Å². The topological polar surface area (TPSA) is 58.2 Å². The Bertz CT molecular complexity index is 454. The van der Waals surface area contributed by atoms with E-state index in [2.05, 4.69) is 10.6 Å². The van der Waals surface area contributed by atoms with Crippen LogP contribution >= 0.6 is 11.6 Å². The smallest absolute Gasteiger partial charge is 0.223 e. The average Bonchev–Trinajstić information content (AvgIpc) is 2.40. The monoisotopic (exact) mass is 286 g/mol. The number of carbonyl (C=O) groups is 2. The minimum Gasteiger partial charge on any atom is -0.359 e. The molecule has 6 heteroatoms. The first kappa shape index (κ1) is 15.4. The van der Waals surface area contributed by atoms with Gasteiger partial charge in [-0.1, -0.05) is 30.7 Å². The number of amides is 2. The number of rotatable bonds is 7. The molecule has 0 spiro atoms. The summed E-state index contributed by atoms with van der Waals surface area (Å²) >= 11 is 5.65. The van der Waals surface area contributed by atoms with Crippen molar-refractivity contribution in [2.24, 2.45) is 5.92 Å². The van der Waals surface area contributed by atoms with E-state index < -0.39 is 5.82 Å². The highest BCUT2D eigenvalue weighted by atomic mass is 35.5. The van der Waals surface area contributed by atoms with Gasteiger partial charge in [-0.2, -0.15) is 0 Å². The molecule has 4 nitrogen and oxygen atoms in total. The van der Waals surface area contributed by atoms with E-state index in [1.165, 1.54) is 6.07 Å². The molecule has 2 N–H and O–H groups in total. The summed E-state index contributed by atoms with van der Waals surface area (Å²) in [5.74, 6) is -0.957. The molecule has 0 fully saturated rings. The van der Waals surface area contributed by atoms with Crippen LogP contribution in [0.15, 0.2) is 18.2 Å². The third-order valence-corrected chi connectivity index (χ3v) is 3.03. The van der Waals surface area contributed by atoms with Crippen LogP contribution < -0.4 is 10.6 Å². The van der Waals surface area contributed by atoms with Crippen molar-refractivity contribution in [2.75, 3.05) is 6.54 Å². The first-order valence-corrected chi connectivity index (χ1v) is 6.31. The summed E-state index contributed by atoms with van der Waals surface area (Å²) in [5, 5.41) is 5.16. The van der Waals surface area contributed by atoms with E-state index >= 15 is 0 Å². The van der Waals surface area contributed by atoms with Crippen molar-refractivity contribution < 1.29 is 14.0 Å². The number of nitrogens with one attached hydrogen (secondary N) is 2. The molecule has 0 bridgehead atoms. The molecular weight excluding hydrogens is 271 g/mol. The summed E-state index contributed by atoms with van der Waals surface area (Å²) < 4.78 is 13.6. The van der Waals surface area contributed by atoms with Gasteiger partial charge in [-0.15, -0.1) is 0 Å². The molecule has 0 saturated carbocycles. The van der Waals surface area contributed by atoms with Crippen LogP contribution in [0.25, 0.3) is 0 Å². The van der Waals surface area contributed by atoms with E-state index in [1.54, 1.807) is 19.1 Å². The fraction of sp³-hybridized carbons (Fsp3) is 0.385. The molecule has 0 aliphatic heterocycles. The number of halogens is 2. The average molecular weight is 287 g/mol. The van der Waals surface area contributed by atoms with Gasteiger partial charge in [0, 0.05) is 24.6 Å². The highest BCUT2D eigenvalue weighted by Crippen LogP contribution is 2.17. The minimum absolute atomic E-state index is 0.0370. The van der Waals surface area contributed by atoms with Gasteiger partial charge in [-0.25, -0.2) is 4.39 Å². The van der Waals surface area contributed by atoms with E-state index in [-0.39, 0.29) is 23.4 Å². The molecule has 19 heavy (non-hydrogen) atoms. The zero-order valence-electron chi connectivity index (χ0n) is 10.6. The van der Waals surface area contributed by atoms with Crippen LogP contribution in [0.1, 0.15) is 18.9 Å². The van der Waals surface area contributed by atoms with Crippen LogP contribution in [0.3, 0.4) is 0 Å². The Morgan fingerprint density at radius 3 is 2.95 bits per heavy atom. The number of hydrogen-bond acceptors (Lipinski definition) is 2. The largest absolute Gasteiger partial charge is 0.359 e. The third kappa shape index (κ3) is 4.87. The maximum Gasteiger partial charge on any atom is 0.223 e. The van der Waals surface area contributed by atoms with Gasteiger partial charge in [-0.3, -0.25) is 9.59 Å². The van der Waals surface area contributed by atoms with Crippen molar-refractivity contribution in [1.29, 1.82) is 0 Å². The fourth-order valence-electron chi connectivity index (χ4n) is 1.53. The molecule has 1 rings (SSSR count). The predicted octanol–water partition coefficient (Wildman–Crippen LogP) is 1.87. The lowest BCUT2D eigenvalue weighted by atomic mass is 10.1. The SMILES string of the molecule is CC(CCNC=O)C(=O)NCc1cccc(Cl)c1F. The first-order chi connectivity index (χ1) is 9.06. The lowest BCUT2D eigenvalue weighted by Crippen LogP contribution is -2.31. The Morgan fingerprint density at radius 1 is 1.53 bits per heavy atom. The Hall–Kier alpha value is -1.62. The molecule has 1 aromatic carbocycles. The van der Waals surface area contributed by atoms with Crippen LogP contribution in [0.5, 0.6) is 0 Å². The van der Waals surface area contributed by atoms with Crippen molar-refractivity contribution in [2.45, 2.75) is 19.9 Å². The zero-order chi connectivity index (χ0) is 14.3. The zero-order valence-corrected chi connectivity index (χ0v) is 11.3. The molecule has 0 aliphatic rings. The molecule has 0 heterocycles. The van der Waals surface area contributed by atoms with Crippen molar-refractivity contribution in [1.82, 2.24) is 10.6 Å². The minimum atomic E-state index is -0.514. The van der Waals surface area contributed by atoms with Crippen LogP contribution in [0, 0.1) is 11.7 Å². The second kappa shape index (κ2) is 7.74. The summed E-state index contributed by atoms with van der Waals surface area (Å²) in [5.41, 5.74) is 0.346. The van der Waals surface area contributed by atoms with Crippen molar-refractivity contribution in [3.63, 3.8) is 0 Å². The Morgan fingerprint density at radius 2 is 2.26 bits per heavy atom. The number of hydrogen-bond donors (Lipinski definition) is 2. The van der Waals surface area contributed by atoms with E-state index in [4.69, 9.17) is 11.6 Å². The Kier molecular flexibility index (Phi) is 6.29. The highest BCUT2D eigenvalue weighted by Gasteiger charge is 2.13. The number of carbonyl (C=O) groups excluding carboxylic acids is 2. The summed E-state index contributed by atoms with van der Waals surface area (Å²) in [7, 11) is 0. The molecule has 0 saturated heterocycles. The van der Waals surface area contributed by atoms with Gasteiger partial charge in [0.1, 0.15) is 5.82 Å². The van der Waals surface area contributed by atoms with Crippen molar-refractivity contribution in [3.8, 4) is 0 Å². The molecule has 0 radical (unpaired) electrons. The van der Waals surface area contributed by atoms with E-state index in [1.807, 2.05) is 0 Å². The van der Waals surface area contributed by atoms with Gasteiger partial charge in [0.25, 0.3) is 0 Å². The maximum atomic E-state index is 13.6. The predicted molar refractivity (Wildman–Crippen MR) is 71.1 cm³/mol. The summed E-state index contributed by atoms with van der Waals surface area (Å²) in [6.45, 7) is 2.27. The summed E-state index contributed by atoms with van der Waals surface area (Å²) in [6.07, 6.45) is 1.12. The second-order valence-electron chi connectivity index (χ2n) is 4.19. The first-order valence-electron chi connectivity index (χ1n) is 5.94. The molecule has 1 atom stereocenters. The van der Waals surface area contributed by atoms with Crippen LogP contribution in [-0.2, 0) is 16.1 Å². The lowest BCUT2D eigenvalue weighted by molar-refractivity contribution is -0.125. The normalized spacial score (nSPS) is 11.7. The van der Waals surface area contributed by atoms with Gasteiger partial charge >= 0.3 is 0 Å². The third-order valence-electron chi connectivity index (χ3n) is 2.74. The van der Waals surface area contributed by atoms with Gasteiger partial charge in [0.05, 0.1) is 5.02 Å². The lowest BCUT2D eigenvalue weighted by Gasteiger charge is -2.12. The van der Waals surface area contributed by atoms with Gasteiger partial charge in [0.15, 0.2) is 0 Å². The van der Waals surface area contributed by atoms with E-state index in [0.29, 0.717) is 24.9 Å². The summed E-state index contributed by atoms with van der Waals surface area (Å²) in [6, 6.07) is 4.65. The quantitative estimate of drug-likeness (QED) is 0.594. The van der Waals surface area contributed by atoms with Crippen LogP contribution in [0.2, 0.25) is 5.02 Å². The maximum absolute atomic E-state index is 13.6. The van der Waals surface area contributed by atoms with Gasteiger partial charge < -0.3 is 10.6 Å². The molecular formula is C13H16ClFN2O2. The van der Waals surface area contributed by atoms with Gasteiger partial charge in [-0.05, 0) is 12.5 Å². The Labute approximate surface area is 116 Å². The number of benzene rings is 1. The van der Waals surface area contributed by atoms with E-state index in [9.17, 15) is 14.0 Å². The highest BCUT2D eigenvalue weighted by molar-refractivity contribution is 6.30. The summed E-state index contributed by atoms with van der Waals surface area (Å²) in [4.78, 5) is 21.8. The second-order valence-corrected chi connectivity index (χ2v) is 4.60. The molecule has 0 aromatic heterocycles. The molecule has 1 aromatic rings. The Balaban J connectivity index is 2.45.